The number of aliphatic hydroxyl groups excluding tert-OH is 1. The minimum Gasteiger partial charge on any atom is -0.469 e. The number of carbonyl (C=O) groups excluding carboxylic acids is 5. The van der Waals surface area contributed by atoms with Crippen LogP contribution in [0.25, 0.3) is 26.4 Å². The molecule has 3 aliphatic rings. The number of nitrogens with one attached hydrogen (secondary N) is 2. The van der Waals surface area contributed by atoms with Gasteiger partial charge in [0.25, 0.3) is 5.91 Å². The number of nitrogens with zero attached hydrogens (tertiary/aromatic N) is 7. The number of hydrogen-bond acceptors (Lipinski definition) is 15. The number of thiazole rings is 1. The molecule has 7 aromatic rings. The van der Waals surface area contributed by atoms with Crippen molar-refractivity contribution in [1.29, 1.82) is 0 Å². The molecule has 0 spiro atoms. The number of aromatic nitrogens is 4. The number of fused-ring (bicyclic) bond motifs is 4. The molecule has 7 heterocycles. The monoisotopic (exact) mass is 1080 g/mol. The molecule has 0 bridgehead atoms. The first kappa shape index (κ1) is 53.1. The molecule has 17 nitrogen and oxygen atoms in total. The number of amides is 3. The molecule has 10 rings (SSSR count). The van der Waals surface area contributed by atoms with Gasteiger partial charge < -0.3 is 34.7 Å². The molecule has 4 aromatic heterocycles. The van der Waals surface area contributed by atoms with Crippen molar-refractivity contribution in [1.82, 2.24) is 35.3 Å². The van der Waals surface area contributed by atoms with Crippen LogP contribution in [0.5, 0.6) is 0 Å². The van der Waals surface area contributed by atoms with Gasteiger partial charge in [0.2, 0.25) is 11.8 Å². The summed E-state index contributed by atoms with van der Waals surface area (Å²) in [5.74, 6) is -0.640. The molecule has 2 fully saturated rings. The molecule has 400 valence electrons. The van der Waals surface area contributed by atoms with Gasteiger partial charge in [-0.15, -0.1) is 32.9 Å². The van der Waals surface area contributed by atoms with Gasteiger partial charge in [-0.05, 0) is 99.0 Å². The zero-order valence-corrected chi connectivity index (χ0v) is 46.3. The number of ketones is 1. The highest BCUT2D eigenvalue weighted by Gasteiger charge is 2.45. The zero-order chi connectivity index (χ0) is 54.6. The number of ether oxygens (including phenoxy) is 1. The Labute approximate surface area is 454 Å². The Bertz CT molecular complexity index is 3460. The van der Waals surface area contributed by atoms with Crippen LogP contribution in [0.2, 0.25) is 0 Å². The van der Waals surface area contributed by atoms with Crippen LogP contribution in [0, 0.1) is 39.0 Å². The number of carbonyl (C=O) groups is 5. The first-order valence-electron chi connectivity index (χ1n) is 25.9. The lowest BCUT2D eigenvalue weighted by Crippen LogP contribution is -2.57. The predicted molar refractivity (Wildman–Crippen MR) is 296 cm³/mol. The SMILES string of the molecule is COC(=O)C[C@@H]1N=C(c2ccc(N3CCC(C(=O)Cc4ccc5oc(C(=O)N[C@H](C(=O)N6C[C@H](O)C[C@H]6C(=O)N[C@@H](C)c6ccc(-c7scnc7C)cc6)C(C)(C)C)cc5c4)C3)cc2)c2c(sc(C)c2C)-n2c(C)nnc21. The third-order valence-electron chi connectivity index (χ3n) is 15.2. The Balaban J connectivity index is 0.774. The summed E-state index contributed by atoms with van der Waals surface area (Å²) in [4.78, 5) is 84.1. The van der Waals surface area contributed by atoms with E-state index in [0.717, 1.165) is 65.2 Å². The van der Waals surface area contributed by atoms with Crippen molar-refractivity contribution in [2.24, 2.45) is 16.3 Å². The van der Waals surface area contributed by atoms with Crippen molar-refractivity contribution in [3.63, 3.8) is 0 Å². The van der Waals surface area contributed by atoms with E-state index in [0.29, 0.717) is 42.1 Å². The molecular formula is C58H63N9O8S2. The third-order valence-corrected chi connectivity index (χ3v) is 17.4. The molecule has 6 atom stereocenters. The van der Waals surface area contributed by atoms with E-state index in [1.54, 1.807) is 34.8 Å². The second kappa shape index (κ2) is 21.2. The second-order valence-corrected chi connectivity index (χ2v) is 23.6. The van der Waals surface area contributed by atoms with Gasteiger partial charge in [-0.3, -0.25) is 33.5 Å². The maximum atomic E-state index is 14.4. The number of β-amino-alcohol motifs (C(OH)–C–C–N with tert-alkyl or cyclic N) is 1. The van der Waals surface area contributed by atoms with E-state index in [2.05, 4.69) is 56.7 Å². The Morgan fingerprint density at radius 1 is 0.922 bits per heavy atom. The third kappa shape index (κ3) is 10.6. The summed E-state index contributed by atoms with van der Waals surface area (Å²) in [6.45, 7) is 16.6. The lowest BCUT2D eigenvalue weighted by molar-refractivity contribution is -0.142. The fourth-order valence-electron chi connectivity index (χ4n) is 10.7. The smallest absolute Gasteiger partial charge is 0.308 e. The number of furan rings is 1. The number of thiophene rings is 1. The van der Waals surface area contributed by atoms with Crippen LogP contribution >= 0.6 is 22.7 Å². The number of Topliss-reactive ketones (excluding diaryl/α,β-unsaturated/α-hetero) is 1. The summed E-state index contributed by atoms with van der Waals surface area (Å²) in [6.07, 6.45) is 0.0665. The number of benzene rings is 3. The normalized spacial score (nSPS) is 19.1. The van der Waals surface area contributed by atoms with Crippen molar-refractivity contribution in [2.45, 2.75) is 111 Å². The minimum absolute atomic E-state index is 0.00324. The standard InChI is InChI=1S/C58H63N9O8S2/c1-30-33(4)77-57-49(30)50(61-43(26-48(70)74-9)53-64-63-34(5)67(53)57)37-15-17-41(18-16-37)65-21-20-39(27-65)45(69)23-35-10-19-46-40(22-35)24-47(75-46)55(72)62-52(58(6,7)8)56(73)66-28-42(68)25-44(66)54(71)60-31(2)36-11-13-38(14-12-36)51-32(3)59-29-76-51/h10-19,22,24,29,31,39,42-44,52,68H,20-21,23,25-28H2,1-9H3,(H,60,71)(H,62,72)/t31-,39?,42+,43-,44-,52+/m0/s1. The van der Waals surface area contributed by atoms with Crippen molar-refractivity contribution in [3.8, 4) is 15.4 Å². The Hall–Kier alpha value is -7.35. The van der Waals surface area contributed by atoms with Gasteiger partial charge in [0.15, 0.2) is 11.6 Å². The molecular weight excluding hydrogens is 1010 g/mol. The summed E-state index contributed by atoms with van der Waals surface area (Å²) in [5.41, 5.74) is 9.90. The van der Waals surface area contributed by atoms with E-state index in [-0.39, 0.29) is 55.3 Å². The number of aliphatic imine (C=N–C) groups is 1. The summed E-state index contributed by atoms with van der Waals surface area (Å²) in [5, 5.41) is 27.2. The van der Waals surface area contributed by atoms with Crippen LogP contribution in [-0.4, -0.2) is 110 Å². The zero-order valence-electron chi connectivity index (χ0n) is 44.7. The molecule has 3 N–H and O–H groups in total. The minimum atomic E-state index is -1.07. The average Bonchev–Trinajstić information content (AvgIpc) is 4.32. The van der Waals surface area contributed by atoms with Gasteiger partial charge in [0.05, 0.1) is 47.5 Å². The molecule has 3 aromatic carbocycles. The number of aryl methyl sites for hydroxylation is 3. The number of aliphatic hydroxyl groups is 1. The van der Waals surface area contributed by atoms with Crippen LogP contribution in [-0.2, 0) is 30.3 Å². The van der Waals surface area contributed by atoms with Crippen molar-refractivity contribution < 1.29 is 38.2 Å². The van der Waals surface area contributed by atoms with Gasteiger partial charge in [-0.2, -0.15) is 0 Å². The van der Waals surface area contributed by atoms with E-state index >= 15 is 0 Å². The number of methoxy groups -OCH3 is 1. The summed E-state index contributed by atoms with van der Waals surface area (Å²) < 4.78 is 13.1. The van der Waals surface area contributed by atoms with Gasteiger partial charge >= 0.3 is 5.97 Å². The summed E-state index contributed by atoms with van der Waals surface area (Å²) in [7, 11) is 1.37. The van der Waals surface area contributed by atoms with E-state index < -0.39 is 47.4 Å². The quantitative estimate of drug-likeness (QED) is 0.0875. The highest BCUT2D eigenvalue weighted by atomic mass is 32.1. The number of esters is 1. The predicted octanol–water partition coefficient (Wildman–Crippen LogP) is 8.51. The van der Waals surface area contributed by atoms with Crippen LogP contribution in [0.3, 0.4) is 0 Å². The highest BCUT2D eigenvalue weighted by molar-refractivity contribution is 7.15. The number of hydrogen-bond donors (Lipinski definition) is 3. The van der Waals surface area contributed by atoms with Crippen molar-refractivity contribution in [2.75, 3.05) is 31.6 Å². The molecule has 3 aliphatic heterocycles. The second-order valence-electron chi connectivity index (χ2n) is 21.6. The van der Waals surface area contributed by atoms with Crippen molar-refractivity contribution >= 4 is 74.5 Å². The maximum Gasteiger partial charge on any atom is 0.308 e. The number of anilines is 1. The highest BCUT2D eigenvalue weighted by Crippen LogP contribution is 2.40. The molecule has 0 aliphatic carbocycles. The molecule has 1 unspecified atom stereocenters. The topological polar surface area (TPSA) is 214 Å². The fraction of sp³-hybridized carbons (Fsp3) is 0.397. The molecule has 2 saturated heterocycles. The first-order chi connectivity index (χ1) is 36.8. The molecule has 77 heavy (non-hydrogen) atoms. The Morgan fingerprint density at radius 2 is 1.66 bits per heavy atom. The van der Waals surface area contributed by atoms with E-state index in [9.17, 15) is 29.1 Å². The number of rotatable bonds is 14. The lowest BCUT2D eigenvalue weighted by atomic mass is 9.85. The summed E-state index contributed by atoms with van der Waals surface area (Å²) in [6, 6.07) is 20.2. The fourth-order valence-corrected chi connectivity index (χ4v) is 12.8. The Kier molecular flexibility index (Phi) is 14.6. The van der Waals surface area contributed by atoms with Crippen LogP contribution in [0.4, 0.5) is 5.69 Å². The van der Waals surface area contributed by atoms with Crippen LogP contribution < -0.4 is 15.5 Å². The average molecular weight is 1080 g/mol. The van der Waals surface area contributed by atoms with Gasteiger partial charge in [0, 0.05) is 65.5 Å². The van der Waals surface area contributed by atoms with Gasteiger partial charge in [0.1, 0.15) is 40.3 Å². The number of likely N-dealkylation sites (tertiary alicyclic amines) is 1. The summed E-state index contributed by atoms with van der Waals surface area (Å²) >= 11 is 3.22. The molecule has 3 amide bonds. The van der Waals surface area contributed by atoms with E-state index in [4.69, 9.17) is 14.1 Å². The molecule has 0 saturated carbocycles. The maximum absolute atomic E-state index is 14.4. The molecule has 0 radical (unpaired) electrons. The van der Waals surface area contributed by atoms with Crippen LogP contribution in [0.15, 0.2) is 87.7 Å². The largest absolute Gasteiger partial charge is 0.469 e. The lowest BCUT2D eigenvalue weighted by Gasteiger charge is -2.35. The van der Waals surface area contributed by atoms with Crippen LogP contribution in [0.1, 0.15) is 120 Å². The van der Waals surface area contributed by atoms with E-state index in [1.807, 2.05) is 100 Å². The Morgan fingerprint density at radius 3 is 2.36 bits per heavy atom. The van der Waals surface area contributed by atoms with Gasteiger partial charge in [-0.1, -0.05) is 63.2 Å². The first-order valence-corrected chi connectivity index (χ1v) is 27.6. The van der Waals surface area contributed by atoms with Crippen molar-refractivity contribution in [3.05, 3.63) is 134 Å². The molecule has 19 heteroatoms. The van der Waals surface area contributed by atoms with Gasteiger partial charge in [-0.25, -0.2) is 4.98 Å². The van der Waals surface area contributed by atoms with E-state index in [1.165, 1.54) is 12.0 Å².